The number of aryl methyl sites for hydroxylation is 1. The van der Waals surface area contributed by atoms with Crippen molar-refractivity contribution >= 4 is 46.4 Å². The topological polar surface area (TPSA) is 41.9 Å². The molecule has 0 atom stereocenters. The van der Waals surface area contributed by atoms with Crippen molar-refractivity contribution < 1.29 is 0 Å². The minimum absolute atomic E-state index is 0.516. The molecule has 0 aliphatic heterocycles. The van der Waals surface area contributed by atoms with Crippen molar-refractivity contribution in [3.63, 3.8) is 0 Å². The first-order valence-corrected chi connectivity index (χ1v) is 8.70. The maximum atomic E-state index is 6.22. The van der Waals surface area contributed by atoms with E-state index in [1.165, 1.54) is 0 Å². The number of hydrogen-bond acceptors (Lipinski definition) is 2. The summed E-state index contributed by atoms with van der Waals surface area (Å²) in [7, 11) is 0. The number of hydrogen-bond donors (Lipinski definition) is 2. The first-order valence-electron chi connectivity index (χ1n) is 7.53. The Morgan fingerprint density at radius 2 is 2.00 bits per heavy atom. The summed E-state index contributed by atoms with van der Waals surface area (Å²) in [5, 5.41) is 12.6. The molecule has 0 fully saturated rings. The molecule has 0 bridgehead atoms. The van der Waals surface area contributed by atoms with Crippen LogP contribution in [0.25, 0.3) is 0 Å². The highest BCUT2D eigenvalue weighted by molar-refractivity contribution is 7.80. The molecule has 124 valence electrons. The van der Waals surface area contributed by atoms with Gasteiger partial charge in [-0.3, -0.25) is 4.68 Å². The van der Waals surface area contributed by atoms with Gasteiger partial charge in [-0.1, -0.05) is 42.6 Å². The lowest BCUT2D eigenvalue weighted by atomic mass is 10.2. The van der Waals surface area contributed by atoms with Gasteiger partial charge in [-0.15, -0.1) is 0 Å². The van der Waals surface area contributed by atoms with Crippen LogP contribution in [0.15, 0.2) is 24.3 Å². The molecule has 1 heterocycles. The minimum Gasteiger partial charge on any atom is -0.362 e. The summed E-state index contributed by atoms with van der Waals surface area (Å²) >= 11 is 17.7. The van der Waals surface area contributed by atoms with E-state index >= 15 is 0 Å². The summed E-state index contributed by atoms with van der Waals surface area (Å²) in [6, 6.07) is 7.43. The maximum absolute atomic E-state index is 6.22. The zero-order valence-corrected chi connectivity index (χ0v) is 15.5. The number of halogens is 2. The van der Waals surface area contributed by atoms with Gasteiger partial charge in [0.1, 0.15) is 0 Å². The SMILES string of the molecule is CCCCNC(=S)Nc1cc(C)n(Cc2c(Cl)cccc2Cl)n1. The number of aromatic nitrogens is 2. The minimum atomic E-state index is 0.516. The highest BCUT2D eigenvalue weighted by Gasteiger charge is 2.10. The Morgan fingerprint density at radius 1 is 1.30 bits per heavy atom. The molecule has 0 saturated heterocycles. The molecule has 0 aliphatic carbocycles. The van der Waals surface area contributed by atoms with E-state index in [0.717, 1.165) is 30.6 Å². The fourth-order valence-corrected chi connectivity index (χ4v) is 2.83. The van der Waals surface area contributed by atoms with E-state index in [1.54, 1.807) is 0 Å². The van der Waals surface area contributed by atoms with E-state index in [1.807, 2.05) is 35.9 Å². The van der Waals surface area contributed by atoms with Gasteiger partial charge < -0.3 is 10.6 Å². The number of anilines is 1. The van der Waals surface area contributed by atoms with Crippen molar-refractivity contribution in [1.82, 2.24) is 15.1 Å². The standard InChI is InChI=1S/C16H20Cl2N4S/c1-3-4-8-19-16(23)20-15-9-11(2)22(21-15)10-12-13(17)6-5-7-14(12)18/h5-7,9H,3-4,8,10H2,1-2H3,(H2,19,20,21,23). The summed E-state index contributed by atoms with van der Waals surface area (Å²) < 4.78 is 1.85. The molecule has 23 heavy (non-hydrogen) atoms. The van der Waals surface area contributed by atoms with Crippen LogP contribution in [0.1, 0.15) is 31.0 Å². The van der Waals surface area contributed by atoms with Crippen LogP contribution in [-0.2, 0) is 6.54 Å². The second kappa shape index (κ2) is 8.52. The molecule has 0 aliphatic rings. The molecule has 4 nitrogen and oxygen atoms in total. The number of rotatable bonds is 6. The zero-order chi connectivity index (χ0) is 16.8. The van der Waals surface area contributed by atoms with Crippen molar-refractivity contribution in [2.75, 3.05) is 11.9 Å². The molecule has 0 amide bonds. The van der Waals surface area contributed by atoms with Crippen LogP contribution in [0.4, 0.5) is 5.82 Å². The van der Waals surface area contributed by atoms with Crippen LogP contribution in [0.2, 0.25) is 10.0 Å². The van der Waals surface area contributed by atoms with E-state index in [0.29, 0.717) is 27.5 Å². The van der Waals surface area contributed by atoms with E-state index in [4.69, 9.17) is 35.4 Å². The summed E-state index contributed by atoms with van der Waals surface area (Å²) in [5.41, 5.74) is 1.86. The van der Waals surface area contributed by atoms with Gasteiger partial charge in [-0.2, -0.15) is 5.10 Å². The zero-order valence-electron chi connectivity index (χ0n) is 13.2. The number of unbranched alkanes of at least 4 members (excludes halogenated alkanes) is 1. The molecular weight excluding hydrogens is 351 g/mol. The van der Waals surface area contributed by atoms with Crippen molar-refractivity contribution in [3.05, 3.63) is 45.6 Å². The monoisotopic (exact) mass is 370 g/mol. The lowest BCUT2D eigenvalue weighted by Gasteiger charge is -2.09. The Hall–Kier alpha value is -1.30. The average Bonchev–Trinajstić information content (AvgIpc) is 2.83. The second-order valence-corrected chi connectivity index (χ2v) is 6.49. The van der Waals surface area contributed by atoms with Gasteiger partial charge in [0.25, 0.3) is 0 Å². The first kappa shape index (κ1) is 18.0. The van der Waals surface area contributed by atoms with Crippen LogP contribution in [0, 0.1) is 6.92 Å². The Balaban J connectivity index is 2.05. The Kier molecular flexibility index (Phi) is 6.69. The highest BCUT2D eigenvalue weighted by atomic mass is 35.5. The predicted octanol–water partition coefficient (Wildman–Crippen LogP) is 4.63. The molecule has 0 spiro atoms. The molecule has 7 heteroatoms. The van der Waals surface area contributed by atoms with Gasteiger partial charge in [-0.05, 0) is 37.7 Å². The molecule has 1 aromatic heterocycles. The molecular formula is C16H20Cl2N4S. The number of nitrogens with one attached hydrogen (secondary N) is 2. The quantitative estimate of drug-likeness (QED) is 0.574. The summed E-state index contributed by atoms with van der Waals surface area (Å²) in [6.07, 6.45) is 2.21. The van der Waals surface area contributed by atoms with Crippen molar-refractivity contribution in [2.45, 2.75) is 33.2 Å². The van der Waals surface area contributed by atoms with Crippen LogP contribution < -0.4 is 10.6 Å². The average molecular weight is 371 g/mol. The first-order chi connectivity index (χ1) is 11.0. The van der Waals surface area contributed by atoms with Crippen LogP contribution in [-0.4, -0.2) is 21.4 Å². The molecule has 0 radical (unpaired) electrons. The van der Waals surface area contributed by atoms with Gasteiger partial charge in [0.05, 0.1) is 6.54 Å². The molecule has 0 unspecified atom stereocenters. The van der Waals surface area contributed by atoms with E-state index in [2.05, 4.69) is 22.7 Å². The third kappa shape index (κ3) is 5.09. The fraction of sp³-hybridized carbons (Fsp3) is 0.375. The van der Waals surface area contributed by atoms with Gasteiger partial charge in [0.15, 0.2) is 10.9 Å². The van der Waals surface area contributed by atoms with Crippen LogP contribution >= 0.6 is 35.4 Å². The van der Waals surface area contributed by atoms with Crippen molar-refractivity contribution in [2.24, 2.45) is 0 Å². The van der Waals surface area contributed by atoms with E-state index < -0.39 is 0 Å². The van der Waals surface area contributed by atoms with Crippen molar-refractivity contribution in [3.8, 4) is 0 Å². The summed E-state index contributed by atoms with van der Waals surface area (Å²) in [6.45, 7) is 5.50. The molecule has 1 aromatic carbocycles. The molecule has 2 N–H and O–H groups in total. The normalized spacial score (nSPS) is 10.6. The summed E-state index contributed by atoms with van der Waals surface area (Å²) in [4.78, 5) is 0. The number of benzene rings is 1. The highest BCUT2D eigenvalue weighted by Crippen LogP contribution is 2.25. The molecule has 2 aromatic rings. The van der Waals surface area contributed by atoms with E-state index in [9.17, 15) is 0 Å². The van der Waals surface area contributed by atoms with Crippen LogP contribution in [0.5, 0.6) is 0 Å². The fourth-order valence-electron chi connectivity index (χ4n) is 2.10. The Morgan fingerprint density at radius 3 is 2.65 bits per heavy atom. The third-order valence-electron chi connectivity index (χ3n) is 3.41. The maximum Gasteiger partial charge on any atom is 0.171 e. The van der Waals surface area contributed by atoms with E-state index in [-0.39, 0.29) is 0 Å². The second-order valence-electron chi connectivity index (χ2n) is 5.26. The Bertz CT molecular complexity index is 664. The molecule has 2 rings (SSSR count). The summed E-state index contributed by atoms with van der Waals surface area (Å²) in [5.74, 6) is 0.708. The Labute approximate surface area is 152 Å². The van der Waals surface area contributed by atoms with Gasteiger partial charge in [0.2, 0.25) is 0 Å². The van der Waals surface area contributed by atoms with Gasteiger partial charge in [-0.25, -0.2) is 0 Å². The lowest BCUT2D eigenvalue weighted by molar-refractivity contribution is 0.668. The lowest BCUT2D eigenvalue weighted by Crippen LogP contribution is -2.29. The number of thiocarbonyl (C=S) groups is 1. The third-order valence-corrected chi connectivity index (χ3v) is 4.36. The molecule has 0 saturated carbocycles. The van der Waals surface area contributed by atoms with Gasteiger partial charge >= 0.3 is 0 Å². The van der Waals surface area contributed by atoms with Gasteiger partial charge in [0, 0.05) is 33.9 Å². The number of nitrogens with zero attached hydrogens (tertiary/aromatic N) is 2. The van der Waals surface area contributed by atoms with Crippen LogP contribution in [0.3, 0.4) is 0 Å². The predicted molar refractivity (Wildman–Crippen MR) is 102 cm³/mol. The smallest absolute Gasteiger partial charge is 0.171 e. The largest absolute Gasteiger partial charge is 0.362 e. The van der Waals surface area contributed by atoms with Crippen molar-refractivity contribution in [1.29, 1.82) is 0 Å².